The lowest BCUT2D eigenvalue weighted by molar-refractivity contribution is 0.102. The molecule has 2 N–H and O–H groups in total. The van der Waals surface area contributed by atoms with Gasteiger partial charge in [-0.3, -0.25) is 9.59 Å². The first-order valence-corrected chi connectivity index (χ1v) is 10.5. The maximum atomic E-state index is 13.3. The number of fused-ring (bicyclic) bond motifs is 1. The minimum absolute atomic E-state index is 0.235. The normalized spacial score (nSPS) is 13.0. The number of hydrogen-bond acceptors (Lipinski definition) is 3. The van der Waals surface area contributed by atoms with Crippen molar-refractivity contribution in [3.8, 4) is 5.75 Å². The third-order valence-corrected chi connectivity index (χ3v) is 5.88. The van der Waals surface area contributed by atoms with Crippen LogP contribution in [-0.2, 0) is 19.4 Å². The second kappa shape index (κ2) is 8.54. The molecule has 0 unspecified atom stereocenters. The summed E-state index contributed by atoms with van der Waals surface area (Å²) in [7, 11) is 0. The van der Waals surface area contributed by atoms with Gasteiger partial charge < -0.3 is 15.0 Å². The predicted octanol–water partition coefficient (Wildman–Crippen LogP) is 5.04. The third-order valence-electron chi connectivity index (χ3n) is 5.34. The van der Waals surface area contributed by atoms with E-state index in [1.165, 1.54) is 6.07 Å². The molecule has 0 radical (unpaired) electrons. The van der Waals surface area contributed by atoms with Crippen molar-refractivity contribution in [2.75, 3.05) is 5.32 Å². The summed E-state index contributed by atoms with van der Waals surface area (Å²) in [5.41, 5.74) is 1.96. The molecule has 0 bridgehead atoms. The Morgan fingerprint density at radius 1 is 1.07 bits per heavy atom. The van der Waals surface area contributed by atoms with Crippen LogP contribution in [0, 0.1) is 0 Å². The first-order chi connectivity index (χ1) is 14.5. The fraction of sp³-hybridized carbons (Fsp3) is 0.217. The fourth-order valence-electron chi connectivity index (χ4n) is 3.87. The van der Waals surface area contributed by atoms with Crippen LogP contribution in [0.3, 0.4) is 0 Å². The van der Waals surface area contributed by atoms with Gasteiger partial charge >= 0.3 is 0 Å². The number of aromatic nitrogens is 1. The first kappa shape index (κ1) is 20.5. The zero-order valence-electron chi connectivity index (χ0n) is 16.1. The number of hydrogen-bond donors (Lipinski definition) is 2. The van der Waals surface area contributed by atoms with Gasteiger partial charge in [-0.15, -0.1) is 0 Å². The van der Waals surface area contributed by atoms with E-state index in [0.717, 1.165) is 24.1 Å². The summed E-state index contributed by atoms with van der Waals surface area (Å²) in [4.78, 5) is 26.3. The van der Waals surface area contributed by atoms with Gasteiger partial charge in [-0.2, -0.15) is 0 Å². The summed E-state index contributed by atoms with van der Waals surface area (Å²) >= 11 is 12.1. The Bertz CT molecular complexity index is 1170. The van der Waals surface area contributed by atoms with Crippen LogP contribution < -0.4 is 10.9 Å². The maximum absolute atomic E-state index is 13.3. The molecule has 30 heavy (non-hydrogen) atoms. The zero-order chi connectivity index (χ0) is 21.3. The molecule has 1 aromatic heterocycles. The monoisotopic (exact) mass is 442 g/mol. The molecule has 0 saturated heterocycles. The molecule has 3 aromatic rings. The van der Waals surface area contributed by atoms with Gasteiger partial charge in [-0.05, 0) is 49.4 Å². The molecule has 5 nitrogen and oxygen atoms in total. The van der Waals surface area contributed by atoms with Gasteiger partial charge in [-0.1, -0.05) is 53.5 Å². The Morgan fingerprint density at radius 3 is 2.53 bits per heavy atom. The van der Waals surface area contributed by atoms with Gasteiger partial charge in [0.2, 0.25) is 0 Å². The van der Waals surface area contributed by atoms with Crippen LogP contribution in [0.15, 0.2) is 53.3 Å². The Labute approximate surface area is 183 Å². The second-order valence-corrected chi connectivity index (χ2v) is 8.15. The number of pyridine rings is 1. The number of halogens is 2. The highest BCUT2D eigenvalue weighted by Crippen LogP contribution is 2.32. The molecular weight excluding hydrogens is 423 g/mol. The molecule has 0 atom stereocenters. The molecular formula is C23H20Cl2N2O3. The largest absolute Gasteiger partial charge is 0.507 e. The van der Waals surface area contributed by atoms with Gasteiger partial charge in [0.15, 0.2) is 0 Å². The summed E-state index contributed by atoms with van der Waals surface area (Å²) in [6, 6.07) is 14.2. The fourth-order valence-corrected chi connectivity index (χ4v) is 4.32. The van der Waals surface area contributed by atoms with Crippen LogP contribution in [0.25, 0.3) is 0 Å². The lowest BCUT2D eigenvalue weighted by Crippen LogP contribution is -2.34. The van der Waals surface area contributed by atoms with E-state index in [4.69, 9.17) is 23.2 Å². The quantitative estimate of drug-likeness (QED) is 0.594. The number of carbonyl (C=O) groups excluding carboxylic acids is 1. The standard InChI is InChI=1S/C23H20Cl2N2O3/c24-15-10-11-18(17(25)12-15)26-22(29)20-21(28)16-8-4-5-9-19(16)27(23(20)30)13-14-6-2-1-3-7-14/h1-3,6-7,10-12,28H,4-5,8-9,13H2,(H,26,29). The smallest absolute Gasteiger partial charge is 0.267 e. The minimum atomic E-state index is -0.697. The second-order valence-electron chi connectivity index (χ2n) is 7.31. The zero-order valence-corrected chi connectivity index (χ0v) is 17.6. The molecule has 1 amide bonds. The molecule has 0 saturated carbocycles. The van der Waals surface area contributed by atoms with E-state index in [1.54, 1.807) is 16.7 Å². The Hall–Kier alpha value is -2.76. The average molecular weight is 443 g/mol. The maximum Gasteiger partial charge on any atom is 0.267 e. The topological polar surface area (TPSA) is 71.3 Å². The van der Waals surface area contributed by atoms with Crippen molar-refractivity contribution < 1.29 is 9.90 Å². The summed E-state index contributed by atoms with van der Waals surface area (Å²) in [5, 5.41) is 14.1. The minimum Gasteiger partial charge on any atom is -0.507 e. The Balaban J connectivity index is 1.80. The summed E-state index contributed by atoms with van der Waals surface area (Å²) in [5.74, 6) is -0.932. The molecule has 1 heterocycles. The van der Waals surface area contributed by atoms with Crippen molar-refractivity contribution >= 4 is 34.8 Å². The van der Waals surface area contributed by atoms with Gasteiger partial charge in [0, 0.05) is 16.3 Å². The van der Waals surface area contributed by atoms with Crippen LogP contribution >= 0.6 is 23.2 Å². The number of rotatable bonds is 4. The molecule has 1 aliphatic rings. The molecule has 1 aliphatic carbocycles. The lowest BCUT2D eigenvalue weighted by Gasteiger charge is -2.24. The van der Waals surface area contributed by atoms with E-state index in [1.807, 2.05) is 30.3 Å². The SMILES string of the molecule is O=C(Nc1ccc(Cl)cc1Cl)c1c(O)c2c(n(Cc3ccccc3)c1=O)CCCC2. The van der Waals surface area contributed by atoms with E-state index >= 15 is 0 Å². The highest BCUT2D eigenvalue weighted by molar-refractivity contribution is 6.36. The molecule has 0 spiro atoms. The van der Waals surface area contributed by atoms with Crippen LogP contribution in [0.4, 0.5) is 5.69 Å². The van der Waals surface area contributed by atoms with E-state index < -0.39 is 11.5 Å². The van der Waals surface area contributed by atoms with Crippen molar-refractivity contribution in [1.29, 1.82) is 0 Å². The number of benzene rings is 2. The number of nitrogens with one attached hydrogen (secondary N) is 1. The van der Waals surface area contributed by atoms with Gasteiger partial charge in [0.25, 0.3) is 11.5 Å². The van der Waals surface area contributed by atoms with E-state index in [2.05, 4.69) is 5.32 Å². The number of amides is 1. The molecule has 4 rings (SSSR count). The van der Waals surface area contributed by atoms with Crippen molar-refractivity contribution in [2.45, 2.75) is 32.2 Å². The lowest BCUT2D eigenvalue weighted by atomic mass is 9.92. The third kappa shape index (κ3) is 3.95. The average Bonchev–Trinajstić information content (AvgIpc) is 2.74. The van der Waals surface area contributed by atoms with Gasteiger partial charge in [0.05, 0.1) is 17.3 Å². The van der Waals surface area contributed by atoms with Crippen LogP contribution in [0.1, 0.15) is 40.0 Å². The van der Waals surface area contributed by atoms with Crippen LogP contribution in [0.2, 0.25) is 10.0 Å². The number of carbonyl (C=O) groups is 1. The Kier molecular flexibility index (Phi) is 5.84. The first-order valence-electron chi connectivity index (χ1n) is 9.73. The molecule has 2 aromatic carbocycles. The highest BCUT2D eigenvalue weighted by atomic mass is 35.5. The van der Waals surface area contributed by atoms with E-state index in [0.29, 0.717) is 35.7 Å². The van der Waals surface area contributed by atoms with Crippen molar-refractivity contribution in [3.63, 3.8) is 0 Å². The number of aromatic hydroxyl groups is 1. The molecule has 7 heteroatoms. The number of nitrogens with zero attached hydrogens (tertiary/aromatic N) is 1. The predicted molar refractivity (Wildman–Crippen MR) is 119 cm³/mol. The molecule has 0 fully saturated rings. The summed E-state index contributed by atoms with van der Waals surface area (Å²) in [6.45, 7) is 0.338. The van der Waals surface area contributed by atoms with Crippen molar-refractivity contribution in [3.05, 3.63) is 91.3 Å². The van der Waals surface area contributed by atoms with Crippen LogP contribution in [-0.4, -0.2) is 15.6 Å². The van der Waals surface area contributed by atoms with Gasteiger partial charge in [0.1, 0.15) is 11.3 Å². The van der Waals surface area contributed by atoms with Crippen molar-refractivity contribution in [1.82, 2.24) is 4.57 Å². The van der Waals surface area contributed by atoms with E-state index in [9.17, 15) is 14.7 Å². The number of anilines is 1. The van der Waals surface area contributed by atoms with Crippen LogP contribution in [0.5, 0.6) is 5.75 Å². The summed E-state index contributed by atoms with van der Waals surface area (Å²) < 4.78 is 1.61. The Morgan fingerprint density at radius 2 is 1.80 bits per heavy atom. The summed E-state index contributed by atoms with van der Waals surface area (Å²) in [6.07, 6.45) is 3.15. The molecule has 0 aliphatic heterocycles. The molecule has 154 valence electrons. The van der Waals surface area contributed by atoms with E-state index in [-0.39, 0.29) is 16.3 Å². The highest BCUT2D eigenvalue weighted by Gasteiger charge is 2.27. The van der Waals surface area contributed by atoms with Crippen molar-refractivity contribution in [2.24, 2.45) is 0 Å². The van der Waals surface area contributed by atoms with Gasteiger partial charge in [-0.25, -0.2) is 0 Å².